The summed E-state index contributed by atoms with van der Waals surface area (Å²) in [6, 6.07) is 0. The Morgan fingerprint density at radius 2 is 1.82 bits per heavy atom. The molecule has 0 N–H and O–H groups in total. The molecule has 0 aliphatic carbocycles. The van der Waals surface area contributed by atoms with Crippen molar-refractivity contribution in [2.75, 3.05) is 0 Å². The van der Waals surface area contributed by atoms with Crippen molar-refractivity contribution in [1.82, 2.24) is 4.98 Å². The van der Waals surface area contributed by atoms with E-state index in [2.05, 4.69) is 24.6 Å². The van der Waals surface area contributed by atoms with E-state index in [0.29, 0.717) is 9.62 Å². The van der Waals surface area contributed by atoms with E-state index in [1.165, 1.54) is 15.8 Å². The lowest BCUT2D eigenvalue weighted by atomic mass is 11.0. The predicted octanol–water partition coefficient (Wildman–Crippen LogP) is 3.00. The van der Waals surface area contributed by atoms with Crippen LogP contribution in [-0.2, 0) is 0 Å². The van der Waals surface area contributed by atoms with E-state index in [9.17, 15) is 0 Å². The van der Waals surface area contributed by atoms with Crippen molar-refractivity contribution < 1.29 is 0 Å². The van der Waals surface area contributed by atoms with Crippen LogP contribution in [0.25, 0.3) is 0 Å². The minimum Gasteiger partial charge on any atom is -0.213 e. The van der Waals surface area contributed by atoms with Crippen molar-refractivity contribution in [3.63, 3.8) is 0 Å². The van der Waals surface area contributed by atoms with Crippen LogP contribution in [0.4, 0.5) is 0 Å². The van der Waals surface area contributed by atoms with Crippen LogP contribution in [-0.4, -0.2) is 13.1 Å². The second-order valence-electron chi connectivity index (χ2n) is 3.34. The standard InChI is InChI=1S/C6H9Cl2NSSi/c1-11(2,3)5-4(7)9-6(8)10-5/h1-3H3. The van der Waals surface area contributed by atoms with Crippen molar-refractivity contribution in [3.8, 4) is 0 Å². The number of hydrogen-bond donors (Lipinski definition) is 0. The quantitative estimate of drug-likeness (QED) is 0.671. The van der Waals surface area contributed by atoms with Crippen LogP contribution in [0.1, 0.15) is 0 Å². The zero-order chi connectivity index (χ0) is 8.65. The lowest BCUT2D eigenvalue weighted by molar-refractivity contribution is 1.43. The van der Waals surface area contributed by atoms with Gasteiger partial charge in [-0.05, 0) is 0 Å². The molecule has 0 unspecified atom stereocenters. The Bertz CT molecular complexity index is 266. The average Bonchev–Trinajstić information content (AvgIpc) is 2.08. The van der Waals surface area contributed by atoms with Gasteiger partial charge in [0.2, 0.25) is 0 Å². The number of aromatic nitrogens is 1. The van der Waals surface area contributed by atoms with Gasteiger partial charge in [-0.1, -0.05) is 42.8 Å². The first-order valence-electron chi connectivity index (χ1n) is 3.23. The van der Waals surface area contributed by atoms with E-state index >= 15 is 0 Å². The van der Waals surface area contributed by atoms with Gasteiger partial charge >= 0.3 is 0 Å². The van der Waals surface area contributed by atoms with Crippen LogP contribution in [0.15, 0.2) is 0 Å². The fourth-order valence-corrected chi connectivity index (χ4v) is 5.02. The van der Waals surface area contributed by atoms with E-state index in [-0.39, 0.29) is 0 Å². The summed E-state index contributed by atoms with van der Waals surface area (Å²) >= 11 is 13.1. The van der Waals surface area contributed by atoms with Crippen LogP contribution >= 0.6 is 34.5 Å². The fraction of sp³-hybridized carbons (Fsp3) is 0.500. The normalized spacial score (nSPS) is 12.1. The Morgan fingerprint density at radius 3 is 2.00 bits per heavy atom. The third kappa shape index (κ3) is 2.18. The van der Waals surface area contributed by atoms with Crippen LogP contribution in [0.5, 0.6) is 0 Å². The van der Waals surface area contributed by atoms with Crippen LogP contribution in [0.2, 0.25) is 29.3 Å². The molecule has 0 bridgehead atoms. The van der Waals surface area contributed by atoms with Crippen molar-refractivity contribution in [3.05, 3.63) is 9.62 Å². The van der Waals surface area contributed by atoms with Gasteiger partial charge in [0.15, 0.2) is 4.47 Å². The molecule has 0 aliphatic heterocycles. The van der Waals surface area contributed by atoms with Gasteiger partial charge in [-0.15, -0.1) is 11.3 Å². The summed E-state index contributed by atoms with van der Waals surface area (Å²) in [7, 11) is -1.32. The molecule has 0 saturated heterocycles. The van der Waals surface area contributed by atoms with Crippen LogP contribution < -0.4 is 4.50 Å². The molecule has 11 heavy (non-hydrogen) atoms. The first-order chi connectivity index (χ1) is 4.91. The van der Waals surface area contributed by atoms with Gasteiger partial charge in [0.05, 0.1) is 8.07 Å². The second-order valence-corrected chi connectivity index (χ2v) is 10.6. The van der Waals surface area contributed by atoms with Crippen molar-refractivity contribution in [1.29, 1.82) is 0 Å². The third-order valence-corrected chi connectivity index (χ3v) is 6.50. The molecule has 5 heteroatoms. The van der Waals surface area contributed by atoms with Gasteiger partial charge in [0.1, 0.15) is 5.15 Å². The number of halogens is 2. The van der Waals surface area contributed by atoms with E-state index in [1.807, 2.05) is 0 Å². The molecule has 0 atom stereocenters. The molecule has 0 aliphatic rings. The molecule has 0 saturated carbocycles. The fourth-order valence-electron chi connectivity index (χ4n) is 0.740. The summed E-state index contributed by atoms with van der Waals surface area (Å²) in [5.41, 5.74) is 0. The van der Waals surface area contributed by atoms with E-state index in [1.54, 1.807) is 0 Å². The minimum absolute atomic E-state index is 0.549. The Morgan fingerprint density at radius 1 is 1.27 bits per heavy atom. The zero-order valence-electron chi connectivity index (χ0n) is 6.61. The van der Waals surface area contributed by atoms with Gasteiger partial charge in [-0.3, -0.25) is 0 Å². The zero-order valence-corrected chi connectivity index (χ0v) is 9.94. The van der Waals surface area contributed by atoms with E-state index in [4.69, 9.17) is 23.2 Å². The molecule has 1 aromatic heterocycles. The molecular formula is C6H9Cl2NSSi. The van der Waals surface area contributed by atoms with E-state index in [0.717, 1.165) is 0 Å². The summed E-state index contributed by atoms with van der Waals surface area (Å²) in [5, 5.41) is 0.596. The number of rotatable bonds is 1. The lowest BCUT2D eigenvalue weighted by Crippen LogP contribution is -2.35. The summed E-state index contributed by atoms with van der Waals surface area (Å²) in [6.45, 7) is 6.67. The molecule has 0 radical (unpaired) electrons. The number of hydrogen-bond acceptors (Lipinski definition) is 2. The van der Waals surface area contributed by atoms with Gasteiger partial charge in [-0.25, -0.2) is 4.98 Å². The monoisotopic (exact) mass is 225 g/mol. The Balaban J connectivity index is 3.13. The highest BCUT2D eigenvalue weighted by Gasteiger charge is 2.23. The highest BCUT2D eigenvalue weighted by Crippen LogP contribution is 2.21. The molecular weight excluding hydrogens is 217 g/mol. The molecule has 62 valence electrons. The van der Waals surface area contributed by atoms with Crippen LogP contribution in [0.3, 0.4) is 0 Å². The maximum Gasteiger partial charge on any atom is 0.184 e. The minimum atomic E-state index is -1.32. The van der Waals surface area contributed by atoms with Crippen molar-refractivity contribution >= 4 is 47.1 Å². The average molecular weight is 226 g/mol. The largest absolute Gasteiger partial charge is 0.213 e. The molecule has 1 heterocycles. The smallest absolute Gasteiger partial charge is 0.184 e. The molecule has 1 rings (SSSR count). The van der Waals surface area contributed by atoms with Crippen molar-refractivity contribution in [2.45, 2.75) is 19.6 Å². The molecule has 0 aromatic carbocycles. The predicted molar refractivity (Wildman–Crippen MR) is 55.1 cm³/mol. The van der Waals surface area contributed by atoms with Crippen molar-refractivity contribution in [2.24, 2.45) is 0 Å². The van der Waals surface area contributed by atoms with E-state index < -0.39 is 8.07 Å². The maximum atomic E-state index is 5.88. The second kappa shape index (κ2) is 3.05. The molecule has 0 spiro atoms. The van der Waals surface area contributed by atoms with Crippen LogP contribution in [0, 0.1) is 0 Å². The number of nitrogens with zero attached hydrogens (tertiary/aromatic N) is 1. The molecule has 1 aromatic rings. The van der Waals surface area contributed by atoms with Gasteiger partial charge in [0, 0.05) is 4.50 Å². The highest BCUT2D eigenvalue weighted by molar-refractivity contribution is 7.29. The summed E-state index contributed by atoms with van der Waals surface area (Å²) in [6.07, 6.45) is 0. The summed E-state index contributed by atoms with van der Waals surface area (Å²) < 4.78 is 1.73. The Kier molecular flexibility index (Phi) is 2.64. The lowest BCUT2D eigenvalue weighted by Gasteiger charge is -2.12. The molecule has 1 nitrogen and oxygen atoms in total. The molecule has 0 fully saturated rings. The number of thiazole rings is 1. The Labute approximate surface area is 81.4 Å². The highest BCUT2D eigenvalue weighted by atomic mass is 35.5. The Hall–Kier alpha value is 0.427. The SMILES string of the molecule is C[Si](C)(C)c1sc(Cl)nc1Cl. The first-order valence-corrected chi connectivity index (χ1v) is 8.31. The topological polar surface area (TPSA) is 12.9 Å². The molecule has 0 amide bonds. The van der Waals surface area contributed by atoms with Gasteiger partial charge < -0.3 is 0 Å². The summed E-state index contributed by atoms with van der Waals surface area (Å²) in [5.74, 6) is 0. The maximum absolute atomic E-state index is 5.88. The third-order valence-electron chi connectivity index (χ3n) is 1.24. The summed E-state index contributed by atoms with van der Waals surface area (Å²) in [4.78, 5) is 3.96. The first kappa shape index (κ1) is 9.51. The van der Waals surface area contributed by atoms with Gasteiger partial charge in [-0.2, -0.15) is 0 Å². The van der Waals surface area contributed by atoms with Gasteiger partial charge in [0.25, 0.3) is 0 Å².